The van der Waals surface area contributed by atoms with E-state index in [-0.39, 0.29) is 21.7 Å². The van der Waals surface area contributed by atoms with E-state index in [9.17, 15) is 8.42 Å². The third kappa shape index (κ3) is 3.27. The fourth-order valence-electron chi connectivity index (χ4n) is 2.10. The zero-order valence-corrected chi connectivity index (χ0v) is 14.8. The van der Waals surface area contributed by atoms with Gasteiger partial charge < -0.3 is 9.73 Å². The maximum atomic E-state index is 12.8. The second-order valence-corrected chi connectivity index (χ2v) is 7.95. The first-order chi connectivity index (χ1) is 11.5. The molecule has 0 amide bonds. The van der Waals surface area contributed by atoms with Crippen LogP contribution in [-0.4, -0.2) is 20.4 Å². The number of nitrogens with one attached hydrogen (secondary N) is 1. The van der Waals surface area contributed by atoms with E-state index in [4.69, 9.17) is 4.42 Å². The van der Waals surface area contributed by atoms with Crippen molar-refractivity contribution in [2.75, 3.05) is 12.4 Å². The number of aryl methyl sites for hydroxylation is 1. The van der Waals surface area contributed by atoms with Gasteiger partial charge in [-0.05, 0) is 36.6 Å². The highest BCUT2D eigenvalue weighted by Gasteiger charge is 2.27. The molecule has 1 aromatic carbocycles. The smallest absolute Gasteiger partial charge is 0.233 e. The van der Waals surface area contributed by atoms with Crippen molar-refractivity contribution < 1.29 is 12.8 Å². The molecule has 0 bridgehead atoms. The molecule has 7 heteroatoms. The van der Waals surface area contributed by atoms with E-state index in [0.717, 1.165) is 10.4 Å². The van der Waals surface area contributed by atoms with E-state index in [1.165, 1.54) is 0 Å². The quantitative estimate of drug-likeness (QED) is 0.742. The largest absolute Gasteiger partial charge is 0.420 e. The molecule has 0 fully saturated rings. The molecule has 3 aromatic rings. The van der Waals surface area contributed by atoms with Crippen molar-refractivity contribution in [3.8, 4) is 0 Å². The van der Waals surface area contributed by atoms with Crippen LogP contribution in [0.25, 0.3) is 12.2 Å². The zero-order chi connectivity index (χ0) is 17.2. The van der Waals surface area contributed by atoms with Crippen LogP contribution in [0.5, 0.6) is 0 Å². The van der Waals surface area contributed by atoms with Gasteiger partial charge in [0.05, 0.1) is 4.90 Å². The Morgan fingerprint density at radius 2 is 1.92 bits per heavy atom. The van der Waals surface area contributed by atoms with Crippen molar-refractivity contribution in [2.45, 2.75) is 16.8 Å². The molecule has 0 atom stereocenters. The highest BCUT2D eigenvalue weighted by Crippen LogP contribution is 2.29. The second kappa shape index (κ2) is 6.62. The fourth-order valence-corrected chi connectivity index (χ4v) is 4.04. The lowest BCUT2D eigenvalue weighted by Crippen LogP contribution is -2.05. The van der Waals surface area contributed by atoms with Gasteiger partial charge in [-0.3, -0.25) is 0 Å². The molecule has 1 N–H and O–H groups in total. The summed E-state index contributed by atoms with van der Waals surface area (Å²) in [7, 11) is -2.15. The number of hydrogen-bond acceptors (Lipinski definition) is 6. The summed E-state index contributed by atoms with van der Waals surface area (Å²) in [6.45, 7) is 1.90. The van der Waals surface area contributed by atoms with E-state index in [0.29, 0.717) is 0 Å². The molecule has 0 unspecified atom stereocenters. The highest BCUT2D eigenvalue weighted by atomic mass is 32.2. The molecule has 0 spiro atoms. The van der Waals surface area contributed by atoms with Gasteiger partial charge in [0.15, 0.2) is 0 Å². The number of anilines is 1. The molecule has 2 aromatic heterocycles. The molecular formula is C17H16N2O3S2. The Balaban J connectivity index is 1.99. The Morgan fingerprint density at radius 1 is 1.17 bits per heavy atom. The SMILES string of the molecule is CNc1oc(C=Cc2cccs2)nc1S(=O)(=O)c1ccc(C)cc1. The van der Waals surface area contributed by atoms with Gasteiger partial charge in [-0.1, -0.05) is 23.8 Å². The standard InChI is InChI=1S/C17H16N2O3S2/c1-12-5-8-14(9-6-12)24(20,21)17-16(18-2)22-15(19-17)10-7-13-4-3-11-23-13/h3-11,18H,1-2H3. The summed E-state index contributed by atoms with van der Waals surface area (Å²) < 4.78 is 31.1. The lowest BCUT2D eigenvalue weighted by molar-refractivity contribution is 0.558. The van der Waals surface area contributed by atoms with Gasteiger partial charge in [0.1, 0.15) is 0 Å². The number of benzene rings is 1. The number of oxazole rings is 1. The third-order valence-corrected chi connectivity index (χ3v) is 5.87. The maximum Gasteiger partial charge on any atom is 0.233 e. The topological polar surface area (TPSA) is 72.2 Å². The molecule has 0 aliphatic rings. The van der Waals surface area contributed by atoms with Gasteiger partial charge in [0, 0.05) is 18.0 Å². The summed E-state index contributed by atoms with van der Waals surface area (Å²) >= 11 is 1.57. The maximum absolute atomic E-state index is 12.8. The number of sulfone groups is 1. The van der Waals surface area contributed by atoms with Gasteiger partial charge in [0.25, 0.3) is 0 Å². The minimum Gasteiger partial charge on any atom is -0.420 e. The van der Waals surface area contributed by atoms with Crippen LogP contribution in [0.3, 0.4) is 0 Å². The van der Waals surface area contributed by atoms with Gasteiger partial charge in [-0.15, -0.1) is 11.3 Å². The minimum atomic E-state index is -3.75. The van der Waals surface area contributed by atoms with Crippen LogP contribution in [0.1, 0.15) is 16.3 Å². The van der Waals surface area contributed by atoms with E-state index < -0.39 is 9.84 Å². The zero-order valence-electron chi connectivity index (χ0n) is 13.2. The van der Waals surface area contributed by atoms with Crippen LogP contribution in [0.4, 0.5) is 5.88 Å². The molecule has 0 aliphatic heterocycles. The van der Waals surface area contributed by atoms with Crippen molar-refractivity contribution in [3.05, 3.63) is 58.1 Å². The predicted octanol–water partition coefficient (Wildman–Crippen LogP) is 4.09. The van der Waals surface area contributed by atoms with Gasteiger partial charge in [-0.2, -0.15) is 4.98 Å². The molecule has 124 valence electrons. The van der Waals surface area contributed by atoms with Crippen molar-refractivity contribution >= 4 is 39.2 Å². The van der Waals surface area contributed by atoms with Crippen molar-refractivity contribution in [1.82, 2.24) is 4.98 Å². The first-order valence-corrected chi connectivity index (χ1v) is 9.59. The summed E-state index contributed by atoms with van der Waals surface area (Å²) in [6.07, 6.45) is 3.49. The summed E-state index contributed by atoms with van der Waals surface area (Å²) in [5.74, 6) is 0.361. The predicted molar refractivity (Wildman–Crippen MR) is 95.9 cm³/mol. The molecule has 24 heavy (non-hydrogen) atoms. The molecule has 2 heterocycles. The van der Waals surface area contributed by atoms with Crippen LogP contribution in [0.2, 0.25) is 0 Å². The Labute approximate surface area is 144 Å². The Kier molecular flexibility index (Phi) is 4.55. The number of rotatable bonds is 5. The molecule has 3 rings (SSSR count). The van der Waals surface area contributed by atoms with Crippen molar-refractivity contribution in [2.24, 2.45) is 0 Å². The molecule has 5 nitrogen and oxygen atoms in total. The van der Waals surface area contributed by atoms with E-state index in [2.05, 4.69) is 10.3 Å². The Bertz CT molecular complexity index is 954. The van der Waals surface area contributed by atoms with Gasteiger partial charge in [-0.25, -0.2) is 8.42 Å². The molecule has 0 saturated carbocycles. The lowest BCUT2D eigenvalue weighted by atomic mass is 10.2. The lowest BCUT2D eigenvalue weighted by Gasteiger charge is -2.03. The van der Waals surface area contributed by atoms with Crippen LogP contribution in [-0.2, 0) is 9.84 Å². The highest BCUT2D eigenvalue weighted by molar-refractivity contribution is 7.91. The van der Waals surface area contributed by atoms with E-state index >= 15 is 0 Å². The molecule has 0 aliphatic carbocycles. The number of hydrogen-bond donors (Lipinski definition) is 1. The normalized spacial score (nSPS) is 11.9. The third-order valence-electron chi connectivity index (χ3n) is 3.36. The minimum absolute atomic E-state index is 0.111. The average Bonchev–Trinajstić information content (AvgIpc) is 3.23. The first kappa shape index (κ1) is 16.5. The van der Waals surface area contributed by atoms with Crippen LogP contribution < -0.4 is 5.32 Å². The van der Waals surface area contributed by atoms with Crippen LogP contribution in [0.15, 0.2) is 56.1 Å². The van der Waals surface area contributed by atoms with Crippen molar-refractivity contribution in [1.29, 1.82) is 0 Å². The number of thiophene rings is 1. The fraction of sp³-hybridized carbons (Fsp3) is 0.118. The summed E-state index contributed by atoms with van der Waals surface area (Å²) in [4.78, 5) is 5.37. The van der Waals surface area contributed by atoms with E-state index in [1.807, 2.05) is 30.5 Å². The monoisotopic (exact) mass is 360 g/mol. The second-order valence-electron chi connectivity index (χ2n) is 5.10. The number of nitrogens with zero attached hydrogens (tertiary/aromatic N) is 1. The summed E-state index contributed by atoms with van der Waals surface area (Å²) in [5, 5.41) is 4.61. The van der Waals surface area contributed by atoms with E-state index in [1.54, 1.807) is 48.7 Å². The van der Waals surface area contributed by atoms with Crippen LogP contribution in [0, 0.1) is 6.92 Å². The Hall–Kier alpha value is -2.38. The summed E-state index contributed by atoms with van der Waals surface area (Å²) in [5.41, 5.74) is 0.988. The number of aromatic nitrogens is 1. The first-order valence-electron chi connectivity index (χ1n) is 7.22. The Morgan fingerprint density at radius 3 is 2.54 bits per heavy atom. The van der Waals surface area contributed by atoms with Gasteiger partial charge in [0.2, 0.25) is 26.6 Å². The average molecular weight is 360 g/mol. The summed E-state index contributed by atoms with van der Waals surface area (Å²) in [6, 6.07) is 10.5. The van der Waals surface area contributed by atoms with Crippen molar-refractivity contribution in [3.63, 3.8) is 0 Å². The molecule has 0 radical (unpaired) electrons. The molecule has 0 saturated heterocycles. The molecular weight excluding hydrogens is 344 g/mol. The van der Waals surface area contributed by atoms with Gasteiger partial charge >= 0.3 is 0 Å². The van der Waals surface area contributed by atoms with Crippen LogP contribution >= 0.6 is 11.3 Å².